The highest BCUT2D eigenvalue weighted by atomic mass is 16.1. The molecule has 3 rings (SSSR count). The molecule has 0 aliphatic carbocycles. The van der Waals surface area contributed by atoms with Crippen LogP contribution in [0.25, 0.3) is 0 Å². The number of hydrogen-bond donors (Lipinski definition) is 1. The van der Waals surface area contributed by atoms with E-state index in [0.29, 0.717) is 31.0 Å². The van der Waals surface area contributed by atoms with Crippen LogP contribution < -0.4 is 10.2 Å². The van der Waals surface area contributed by atoms with Crippen LogP contribution in [0.1, 0.15) is 49.1 Å². The molecule has 2 aromatic rings. The number of anilines is 1. The van der Waals surface area contributed by atoms with E-state index >= 15 is 0 Å². The summed E-state index contributed by atoms with van der Waals surface area (Å²) in [6.45, 7) is 5.96. The summed E-state index contributed by atoms with van der Waals surface area (Å²) in [5.41, 5.74) is 3.51. The Hall–Kier alpha value is -3.01. The Morgan fingerprint density at radius 1 is 1.29 bits per heavy atom. The second-order valence-electron chi connectivity index (χ2n) is 6.98. The smallest absolute Gasteiger partial charge is 0.223 e. The molecule has 0 saturated carbocycles. The van der Waals surface area contributed by atoms with Crippen molar-refractivity contribution >= 4 is 11.7 Å². The first-order valence-electron chi connectivity index (χ1n) is 9.88. The SMILES string of the molecule is CCc1nnc(N2CCC(C(=O)NCc3cccnc3)CC2)c(C#N)c1CC. The van der Waals surface area contributed by atoms with Gasteiger partial charge in [0.2, 0.25) is 5.91 Å². The fraction of sp³-hybridized carbons (Fsp3) is 0.476. The van der Waals surface area contributed by atoms with E-state index in [2.05, 4.69) is 31.5 Å². The lowest BCUT2D eigenvalue weighted by molar-refractivity contribution is -0.125. The summed E-state index contributed by atoms with van der Waals surface area (Å²) in [6.07, 6.45) is 6.49. The molecule has 146 valence electrons. The summed E-state index contributed by atoms with van der Waals surface area (Å²) in [5, 5.41) is 21.4. The first-order valence-corrected chi connectivity index (χ1v) is 9.88. The number of hydrogen-bond acceptors (Lipinski definition) is 6. The first-order chi connectivity index (χ1) is 13.7. The molecule has 28 heavy (non-hydrogen) atoms. The highest BCUT2D eigenvalue weighted by Gasteiger charge is 2.28. The maximum atomic E-state index is 12.5. The van der Waals surface area contributed by atoms with E-state index in [0.717, 1.165) is 42.5 Å². The number of aryl methyl sites for hydroxylation is 1. The van der Waals surface area contributed by atoms with Crippen molar-refractivity contribution in [2.24, 2.45) is 5.92 Å². The van der Waals surface area contributed by atoms with Gasteiger partial charge in [-0.2, -0.15) is 10.4 Å². The summed E-state index contributed by atoms with van der Waals surface area (Å²) in [5.74, 6) is 0.711. The van der Waals surface area contributed by atoms with Gasteiger partial charge < -0.3 is 10.2 Å². The van der Waals surface area contributed by atoms with Gasteiger partial charge in [-0.25, -0.2) is 0 Å². The van der Waals surface area contributed by atoms with Crippen molar-refractivity contribution in [3.05, 3.63) is 46.9 Å². The van der Waals surface area contributed by atoms with Crippen molar-refractivity contribution in [1.29, 1.82) is 5.26 Å². The average molecular weight is 378 g/mol. The largest absolute Gasteiger partial charge is 0.354 e. The van der Waals surface area contributed by atoms with Crippen molar-refractivity contribution in [2.45, 2.75) is 46.1 Å². The van der Waals surface area contributed by atoms with Crippen molar-refractivity contribution in [2.75, 3.05) is 18.0 Å². The third-order valence-corrected chi connectivity index (χ3v) is 5.29. The van der Waals surface area contributed by atoms with Gasteiger partial charge in [0.15, 0.2) is 5.82 Å². The zero-order valence-corrected chi connectivity index (χ0v) is 16.5. The van der Waals surface area contributed by atoms with Crippen molar-refractivity contribution < 1.29 is 4.79 Å². The third-order valence-electron chi connectivity index (χ3n) is 5.29. The van der Waals surface area contributed by atoms with Crippen molar-refractivity contribution in [3.63, 3.8) is 0 Å². The summed E-state index contributed by atoms with van der Waals surface area (Å²) < 4.78 is 0. The lowest BCUT2D eigenvalue weighted by Crippen LogP contribution is -2.41. The second kappa shape index (κ2) is 9.27. The molecule has 0 radical (unpaired) electrons. The number of pyridine rings is 1. The van der Waals surface area contributed by atoms with Gasteiger partial charge in [0.05, 0.1) is 5.69 Å². The third kappa shape index (κ3) is 4.28. The Labute approximate surface area is 165 Å². The van der Waals surface area contributed by atoms with Crippen LogP contribution in [0, 0.1) is 17.2 Å². The predicted molar refractivity (Wildman–Crippen MR) is 107 cm³/mol. The number of nitrogens with one attached hydrogen (secondary N) is 1. The number of piperidine rings is 1. The van der Waals surface area contributed by atoms with Crippen molar-refractivity contribution in [3.8, 4) is 6.07 Å². The predicted octanol–water partition coefficient (Wildman–Crippen LogP) is 2.40. The van der Waals surface area contributed by atoms with Gasteiger partial charge in [0.1, 0.15) is 11.6 Å². The van der Waals surface area contributed by atoms with Crippen LogP contribution in [0.3, 0.4) is 0 Å². The Morgan fingerprint density at radius 2 is 2.07 bits per heavy atom. The maximum Gasteiger partial charge on any atom is 0.223 e. The van der Waals surface area contributed by atoms with Crippen LogP contribution in [0.5, 0.6) is 0 Å². The Balaban J connectivity index is 1.62. The Morgan fingerprint density at radius 3 is 2.68 bits per heavy atom. The minimum absolute atomic E-state index is 0.0213. The van der Waals surface area contributed by atoms with Gasteiger partial charge in [0.25, 0.3) is 0 Å². The minimum atomic E-state index is -0.0213. The van der Waals surface area contributed by atoms with Gasteiger partial charge in [-0.1, -0.05) is 19.9 Å². The molecular formula is C21H26N6O. The number of aromatic nitrogens is 3. The molecule has 0 bridgehead atoms. The molecule has 7 heteroatoms. The van der Waals surface area contributed by atoms with Crippen LogP contribution in [0.2, 0.25) is 0 Å². The van der Waals surface area contributed by atoms with Crippen LogP contribution in [-0.4, -0.2) is 34.2 Å². The summed E-state index contributed by atoms with van der Waals surface area (Å²) in [4.78, 5) is 18.6. The molecule has 0 unspecified atom stereocenters. The fourth-order valence-corrected chi connectivity index (χ4v) is 3.69. The molecule has 1 amide bonds. The second-order valence-corrected chi connectivity index (χ2v) is 6.98. The first kappa shape index (κ1) is 19.7. The van der Waals surface area contributed by atoms with Crippen LogP contribution in [-0.2, 0) is 24.2 Å². The van der Waals surface area contributed by atoms with E-state index in [1.54, 1.807) is 12.4 Å². The molecule has 3 heterocycles. The number of carbonyl (C=O) groups excluding carboxylic acids is 1. The number of carbonyl (C=O) groups is 1. The number of nitrogens with zero attached hydrogens (tertiary/aromatic N) is 5. The van der Waals surface area contributed by atoms with Gasteiger partial charge >= 0.3 is 0 Å². The van der Waals surface area contributed by atoms with Crippen molar-refractivity contribution in [1.82, 2.24) is 20.5 Å². The van der Waals surface area contributed by atoms with Crippen LogP contribution in [0.15, 0.2) is 24.5 Å². The van der Waals surface area contributed by atoms with Gasteiger partial charge in [-0.15, -0.1) is 5.10 Å². The van der Waals surface area contributed by atoms with E-state index < -0.39 is 0 Å². The molecule has 1 fully saturated rings. The Bertz CT molecular complexity index is 853. The van der Waals surface area contributed by atoms with Crippen LogP contribution >= 0.6 is 0 Å². The van der Waals surface area contributed by atoms with Crippen LogP contribution in [0.4, 0.5) is 5.82 Å². The van der Waals surface area contributed by atoms with E-state index in [-0.39, 0.29) is 11.8 Å². The zero-order chi connectivity index (χ0) is 19.9. The molecule has 1 saturated heterocycles. The lowest BCUT2D eigenvalue weighted by Gasteiger charge is -2.32. The number of nitriles is 1. The number of rotatable bonds is 6. The standard InChI is InChI=1S/C21H26N6O/c1-3-17-18(12-22)20(26-25-19(17)4-2)27-10-7-16(8-11-27)21(28)24-14-15-6-5-9-23-13-15/h5-6,9,13,16H,3-4,7-8,10-11,14H2,1-2H3,(H,24,28). The quantitative estimate of drug-likeness (QED) is 0.829. The molecule has 0 aromatic carbocycles. The number of amides is 1. The van der Waals surface area contributed by atoms with Gasteiger partial charge in [0, 0.05) is 37.9 Å². The molecule has 1 aliphatic rings. The van der Waals surface area contributed by atoms with Gasteiger partial charge in [-0.3, -0.25) is 9.78 Å². The van der Waals surface area contributed by atoms with E-state index in [1.807, 2.05) is 26.0 Å². The lowest BCUT2D eigenvalue weighted by atomic mass is 9.95. The highest BCUT2D eigenvalue weighted by molar-refractivity contribution is 5.79. The Kier molecular flexibility index (Phi) is 6.53. The highest BCUT2D eigenvalue weighted by Crippen LogP contribution is 2.27. The molecule has 2 aromatic heterocycles. The van der Waals surface area contributed by atoms with E-state index in [4.69, 9.17) is 0 Å². The molecule has 7 nitrogen and oxygen atoms in total. The summed E-state index contributed by atoms with van der Waals surface area (Å²) in [7, 11) is 0. The summed E-state index contributed by atoms with van der Waals surface area (Å²) in [6, 6.07) is 6.14. The molecule has 1 aliphatic heterocycles. The molecule has 0 spiro atoms. The topological polar surface area (TPSA) is 94.8 Å². The summed E-state index contributed by atoms with van der Waals surface area (Å²) >= 11 is 0. The fourth-order valence-electron chi connectivity index (χ4n) is 3.69. The molecule has 0 atom stereocenters. The minimum Gasteiger partial charge on any atom is -0.354 e. The van der Waals surface area contributed by atoms with E-state index in [1.165, 1.54) is 0 Å². The monoisotopic (exact) mass is 378 g/mol. The molecular weight excluding hydrogens is 352 g/mol. The van der Waals surface area contributed by atoms with E-state index in [9.17, 15) is 10.1 Å². The average Bonchev–Trinajstić information content (AvgIpc) is 2.77. The van der Waals surface area contributed by atoms with Gasteiger partial charge in [-0.05, 0) is 42.9 Å². The normalized spacial score (nSPS) is 14.5. The zero-order valence-electron chi connectivity index (χ0n) is 16.5. The molecule has 1 N–H and O–H groups in total. The maximum absolute atomic E-state index is 12.5.